The van der Waals surface area contributed by atoms with Crippen molar-refractivity contribution >= 4 is 33.4 Å². The van der Waals surface area contributed by atoms with Gasteiger partial charge in [0, 0.05) is 17.6 Å². The zero-order valence-electron chi connectivity index (χ0n) is 14.7. The lowest BCUT2D eigenvalue weighted by molar-refractivity contribution is -0.118. The molecule has 2 aromatic carbocycles. The van der Waals surface area contributed by atoms with Gasteiger partial charge in [0.2, 0.25) is 0 Å². The fraction of sp³-hybridized carbons (Fsp3) is 0.300. The monoisotopic (exact) mass is 432 g/mol. The summed E-state index contributed by atoms with van der Waals surface area (Å²) in [6.45, 7) is 1.06. The molecule has 0 unspecified atom stereocenters. The molecule has 142 valence electrons. The van der Waals surface area contributed by atoms with Crippen LogP contribution in [0.4, 0.5) is 5.69 Å². The number of halogens is 1. The third kappa shape index (κ3) is 5.80. The molecule has 1 aliphatic heterocycles. The van der Waals surface area contributed by atoms with Crippen LogP contribution in [0.5, 0.6) is 5.75 Å². The van der Waals surface area contributed by atoms with E-state index in [4.69, 9.17) is 9.47 Å². The lowest BCUT2D eigenvalue weighted by Crippen LogP contribution is -2.32. The average molecular weight is 433 g/mol. The molecule has 6 nitrogen and oxygen atoms in total. The summed E-state index contributed by atoms with van der Waals surface area (Å²) in [4.78, 5) is 24.7. The van der Waals surface area contributed by atoms with E-state index in [1.54, 1.807) is 36.4 Å². The second-order valence-electron chi connectivity index (χ2n) is 6.18. The largest absolute Gasteiger partial charge is 0.484 e. The molecule has 0 aliphatic carbocycles. The highest BCUT2D eigenvalue weighted by Gasteiger charge is 2.18. The van der Waals surface area contributed by atoms with Crippen molar-refractivity contribution in [1.29, 1.82) is 0 Å². The van der Waals surface area contributed by atoms with Gasteiger partial charge in [0.05, 0.1) is 17.4 Å². The van der Waals surface area contributed by atoms with Gasteiger partial charge in [0.15, 0.2) is 6.61 Å². The van der Waals surface area contributed by atoms with Gasteiger partial charge in [-0.3, -0.25) is 9.59 Å². The molecule has 3 rings (SSSR count). The predicted octanol–water partition coefficient (Wildman–Crippen LogP) is 3.38. The third-order valence-corrected chi connectivity index (χ3v) is 4.67. The van der Waals surface area contributed by atoms with Crippen molar-refractivity contribution in [1.82, 2.24) is 5.32 Å². The van der Waals surface area contributed by atoms with Crippen molar-refractivity contribution in [2.24, 2.45) is 0 Å². The highest BCUT2D eigenvalue weighted by atomic mass is 79.9. The Bertz CT molecular complexity index is 789. The number of hydrogen-bond donors (Lipinski definition) is 2. The van der Waals surface area contributed by atoms with Crippen molar-refractivity contribution in [3.63, 3.8) is 0 Å². The molecule has 0 bridgehead atoms. The van der Waals surface area contributed by atoms with Crippen LogP contribution in [0.25, 0.3) is 0 Å². The van der Waals surface area contributed by atoms with Crippen LogP contribution in [-0.2, 0) is 9.53 Å². The average Bonchev–Trinajstić information content (AvgIpc) is 3.20. The normalized spacial score (nSPS) is 16.0. The molecule has 0 aromatic heterocycles. The number of anilines is 1. The van der Waals surface area contributed by atoms with Crippen LogP contribution in [0.15, 0.2) is 53.0 Å². The number of para-hydroxylation sites is 1. The van der Waals surface area contributed by atoms with Gasteiger partial charge in [-0.15, -0.1) is 0 Å². The van der Waals surface area contributed by atoms with E-state index in [0.29, 0.717) is 23.5 Å². The Balaban J connectivity index is 1.55. The highest BCUT2D eigenvalue weighted by molar-refractivity contribution is 9.10. The first-order valence-corrected chi connectivity index (χ1v) is 9.58. The number of carbonyl (C=O) groups is 2. The van der Waals surface area contributed by atoms with Gasteiger partial charge in [0.25, 0.3) is 11.8 Å². The maximum absolute atomic E-state index is 12.5. The lowest BCUT2D eigenvalue weighted by Gasteiger charge is -2.14. The molecule has 1 aliphatic rings. The summed E-state index contributed by atoms with van der Waals surface area (Å²) in [5.41, 5.74) is 0.860. The predicted molar refractivity (Wildman–Crippen MR) is 106 cm³/mol. The van der Waals surface area contributed by atoms with E-state index >= 15 is 0 Å². The number of carbonyl (C=O) groups excluding carboxylic acids is 2. The van der Waals surface area contributed by atoms with E-state index in [-0.39, 0.29) is 24.5 Å². The second-order valence-corrected chi connectivity index (χ2v) is 7.10. The molecule has 1 atom stereocenters. The molecule has 2 aromatic rings. The number of benzene rings is 2. The summed E-state index contributed by atoms with van der Waals surface area (Å²) >= 11 is 3.34. The second kappa shape index (κ2) is 9.53. The van der Waals surface area contributed by atoms with Gasteiger partial charge in [-0.25, -0.2) is 0 Å². The Morgan fingerprint density at radius 3 is 2.67 bits per heavy atom. The quantitative estimate of drug-likeness (QED) is 0.702. The third-order valence-electron chi connectivity index (χ3n) is 4.14. The summed E-state index contributed by atoms with van der Waals surface area (Å²) in [7, 11) is 0. The maximum Gasteiger partial charge on any atom is 0.262 e. The number of amides is 2. The first-order valence-electron chi connectivity index (χ1n) is 8.79. The Morgan fingerprint density at radius 2 is 1.93 bits per heavy atom. The van der Waals surface area contributed by atoms with Gasteiger partial charge in [-0.2, -0.15) is 0 Å². The summed E-state index contributed by atoms with van der Waals surface area (Å²) in [6, 6.07) is 14.1. The minimum atomic E-state index is -0.336. The fourth-order valence-corrected chi connectivity index (χ4v) is 3.03. The molecular formula is C20H21BrN2O4. The van der Waals surface area contributed by atoms with Gasteiger partial charge in [0.1, 0.15) is 5.75 Å². The molecule has 1 saturated heterocycles. The fourth-order valence-electron chi connectivity index (χ4n) is 2.76. The van der Waals surface area contributed by atoms with E-state index in [1.807, 2.05) is 12.1 Å². The summed E-state index contributed by atoms with van der Waals surface area (Å²) in [6.07, 6.45) is 2.03. The maximum atomic E-state index is 12.5. The number of ether oxygens (including phenoxy) is 2. The first-order chi connectivity index (χ1) is 13.1. The molecule has 7 heteroatoms. The Morgan fingerprint density at radius 1 is 1.15 bits per heavy atom. The van der Waals surface area contributed by atoms with Crippen molar-refractivity contribution < 1.29 is 19.1 Å². The van der Waals surface area contributed by atoms with Gasteiger partial charge in [-0.05, 0) is 49.2 Å². The van der Waals surface area contributed by atoms with Crippen molar-refractivity contribution in [2.75, 3.05) is 25.1 Å². The highest BCUT2D eigenvalue weighted by Crippen LogP contribution is 2.18. The molecule has 1 heterocycles. The Hall–Kier alpha value is -2.38. The van der Waals surface area contributed by atoms with Crippen molar-refractivity contribution in [2.45, 2.75) is 18.9 Å². The molecule has 0 radical (unpaired) electrons. The van der Waals surface area contributed by atoms with E-state index in [9.17, 15) is 9.59 Å². The van der Waals surface area contributed by atoms with Gasteiger partial charge >= 0.3 is 0 Å². The van der Waals surface area contributed by atoms with E-state index in [1.165, 1.54) is 0 Å². The number of rotatable bonds is 7. The smallest absolute Gasteiger partial charge is 0.262 e. The molecule has 2 amide bonds. The van der Waals surface area contributed by atoms with E-state index < -0.39 is 0 Å². The van der Waals surface area contributed by atoms with Crippen LogP contribution < -0.4 is 15.4 Å². The molecule has 0 saturated carbocycles. The van der Waals surface area contributed by atoms with Crippen LogP contribution in [0, 0.1) is 0 Å². The molecule has 2 N–H and O–H groups in total. The SMILES string of the molecule is O=C(COc1ccc(Br)cc1)Nc1ccccc1C(=O)NC[C@H]1CCCO1. The van der Waals surface area contributed by atoms with Crippen molar-refractivity contribution in [3.05, 3.63) is 58.6 Å². The van der Waals surface area contributed by atoms with Crippen LogP contribution in [0.1, 0.15) is 23.2 Å². The van der Waals surface area contributed by atoms with Crippen LogP contribution in [0.3, 0.4) is 0 Å². The Kier molecular flexibility index (Phi) is 6.84. The van der Waals surface area contributed by atoms with Gasteiger partial charge in [-0.1, -0.05) is 28.1 Å². The minimum Gasteiger partial charge on any atom is -0.484 e. The van der Waals surface area contributed by atoms with Crippen LogP contribution in [0.2, 0.25) is 0 Å². The zero-order valence-corrected chi connectivity index (χ0v) is 16.3. The number of hydrogen-bond acceptors (Lipinski definition) is 4. The van der Waals surface area contributed by atoms with E-state index in [0.717, 1.165) is 23.9 Å². The summed E-state index contributed by atoms with van der Waals surface area (Å²) in [5.74, 6) is 0.0171. The summed E-state index contributed by atoms with van der Waals surface area (Å²) < 4.78 is 11.9. The molecule has 27 heavy (non-hydrogen) atoms. The molecule has 0 spiro atoms. The lowest BCUT2D eigenvalue weighted by atomic mass is 10.1. The molecular weight excluding hydrogens is 412 g/mol. The summed E-state index contributed by atoms with van der Waals surface area (Å²) in [5, 5.41) is 5.60. The topological polar surface area (TPSA) is 76.7 Å². The van der Waals surface area contributed by atoms with E-state index in [2.05, 4.69) is 26.6 Å². The zero-order chi connectivity index (χ0) is 19.1. The van der Waals surface area contributed by atoms with Gasteiger partial charge < -0.3 is 20.1 Å². The first kappa shape index (κ1) is 19.4. The van der Waals surface area contributed by atoms with Crippen LogP contribution in [-0.4, -0.2) is 37.7 Å². The number of nitrogens with one attached hydrogen (secondary N) is 2. The Labute approximate surface area is 166 Å². The minimum absolute atomic E-state index is 0.0648. The van der Waals surface area contributed by atoms with Crippen molar-refractivity contribution in [3.8, 4) is 5.75 Å². The van der Waals surface area contributed by atoms with Crippen LogP contribution >= 0.6 is 15.9 Å². The molecule has 1 fully saturated rings. The standard InChI is InChI=1S/C20H21BrN2O4/c21-14-7-9-15(10-8-14)27-13-19(24)23-18-6-2-1-5-17(18)20(25)22-12-16-4-3-11-26-16/h1-2,5-10,16H,3-4,11-13H2,(H,22,25)(H,23,24)/t16-/m1/s1.